The average Bonchev–Trinajstić information content (AvgIpc) is 3.23. The summed E-state index contributed by atoms with van der Waals surface area (Å²) < 4.78 is 25.4. The number of methoxy groups -OCH3 is 1. The molecule has 170 valence electrons. The van der Waals surface area contributed by atoms with E-state index < -0.39 is 11.7 Å². The molecule has 2 amide bonds. The quantitative estimate of drug-likeness (QED) is 0.564. The van der Waals surface area contributed by atoms with Gasteiger partial charge in [0.2, 0.25) is 11.8 Å². The first-order valence-corrected chi connectivity index (χ1v) is 10.7. The van der Waals surface area contributed by atoms with Crippen LogP contribution in [0.4, 0.5) is 10.1 Å². The highest BCUT2D eigenvalue weighted by molar-refractivity contribution is 6.00. The van der Waals surface area contributed by atoms with Crippen LogP contribution in [0.1, 0.15) is 17.5 Å². The predicted molar refractivity (Wildman–Crippen MR) is 122 cm³/mol. The van der Waals surface area contributed by atoms with Gasteiger partial charge in [0, 0.05) is 19.5 Å². The Bertz CT molecular complexity index is 1140. The summed E-state index contributed by atoms with van der Waals surface area (Å²) in [6.07, 6.45) is 0.0513. The number of hydrogen-bond acceptors (Lipinski definition) is 4. The van der Waals surface area contributed by atoms with E-state index in [2.05, 4.69) is 5.32 Å². The second-order valence-electron chi connectivity index (χ2n) is 7.83. The Morgan fingerprint density at radius 2 is 1.79 bits per heavy atom. The van der Waals surface area contributed by atoms with Crippen molar-refractivity contribution in [2.75, 3.05) is 18.6 Å². The zero-order valence-corrected chi connectivity index (χ0v) is 18.3. The second kappa shape index (κ2) is 10.2. The minimum Gasteiger partial charge on any atom is -0.493 e. The van der Waals surface area contributed by atoms with Crippen molar-refractivity contribution < 1.29 is 23.5 Å². The van der Waals surface area contributed by atoms with Gasteiger partial charge in [-0.3, -0.25) is 9.59 Å². The van der Waals surface area contributed by atoms with Gasteiger partial charge in [-0.2, -0.15) is 0 Å². The van der Waals surface area contributed by atoms with E-state index in [9.17, 15) is 14.0 Å². The van der Waals surface area contributed by atoms with Crippen molar-refractivity contribution >= 4 is 17.5 Å². The Morgan fingerprint density at radius 1 is 1.03 bits per heavy atom. The van der Waals surface area contributed by atoms with Gasteiger partial charge in [-0.25, -0.2) is 4.39 Å². The Morgan fingerprint density at radius 3 is 2.55 bits per heavy atom. The summed E-state index contributed by atoms with van der Waals surface area (Å²) in [7, 11) is 1.56. The fraction of sp³-hybridized carbons (Fsp3) is 0.231. The Balaban J connectivity index is 1.34. The first-order valence-electron chi connectivity index (χ1n) is 10.7. The van der Waals surface area contributed by atoms with E-state index in [1.54, 1.807) is 25.3 Å². The lowest BCUT2D eigenvalue weighted by atomic mass is 10.1. The molecular formula is C26H25FN2O4. The Labute approximate surface area is 191 Å². The number of carbonyl (C=O) groups excluding carboxylic acids is 2. The molecule has 4 rings (SSSR count). The summed E-state index contributed by atoms with van der Waals surface area (Å²) in [5.74, 6) is -0.341. The molecule has 7 heteroatoms. The molecule has 1 aliphatic heterocycles. The fourth-order valence-electron chi connectivity index (χ4n) is 3.80. The van der Waals surface area contributed by atoms with Crippen molar-refractivity contribution in [2.24, 2.45) is 5.92 Å². The van der Waals surface area contributed by atoms with Crippen molar-refractivity contribution in [3.8, 4) is 11.5 Å². The van der Waals surface area contributed by atoms with Crippen molar-refractivity contribution in [3.05, 3.63) is 89.7 Å². The summed E-state index contributed by atoms with van der Waals surface area (Å²) in [6.45, 7) is 0.848. The van der Waals surface area contributed by atoms with E-state index in [0.717, 1.165) is 11.1 Å². The molecule has 3 aromatic carbocycles. The SMILES string of the molecule is COc1cc(CNC(=O)C2CC(=O)N(c3ccccc3F)C2)ccc1OCc1ccccc1. The van der Waals surface area contributed by atoms with Crippen LogP contribution >= 0.6 is 0 Å². The molecule has 0 aromatic heterocycles. The van der Waals surface area contributed by atoms with E-state index in [4.69, 9.17) is 9.47 Å². The van der Waals surface area contributed by atoms with Gasteiger partial charge in [-0.05, 0) is 35.4 Å². The van der Waals surface area contributed by atoms with Crippen LogP contribution in [0.3, 0.4) is 0 Å². The van der Waals surface area contributed by atoms with Gasteiger partial charge >= 0.3 is 0 Å². The van der Waals surface area contributed by atoms with Crippen LogP contribution in [-0.2, 0) is 22.7 Å². The minimum absolute atomic E-state index is 0.0513. The highest BCUT2D eigenvalue weighted by atomic mass is 19.1. The third-order valence-corrected chi connectivity index (χ3v) is 5.57. The minimum atomic E-state index is -0.535. The van der Waals surface area contributed by atoms with Crippen LogP contribution in [0.2, 0.25) is 0 Å². The normalized spacial score (nSPS) is 15.4. The number of carbonyl (C=O) groups is 2. The maximum absolute atomic E-state index is 14.1. The molecule has 33 heavy (non-hydrogen) atoms. The third-order valence-electron chi connectivity index (χ3n) is 5.57. The molecule has 1 fully saturated rings. The number of nitrogens with one attached hydrogen (secondary N) is 1. The van der Waals surface area contributed by atoms with Gasteiger partial charge in [-0.1, -0.05) is 48.5 Å². The number of nitrogens with zero attached hydrogens (tertiary/aromatic N) is 1. The summed E-state index contributed by atoms with van der Waals surface area (Å²) in [4.78, 5) is 26.4. The number of ether oxygens (including phenoxy) is 2. The smallest absolute Gasteiger partial charge is 0.227 e. The summed E-state index contributed by atoms with van der Waals surface area (Å²) in [5, 5.41) is 2.87. The van der Waals surface area contributed by atoms with Crippen molar-refractivity contribution in [3.63, 3.8) is 0 Å². The number of para-hydroxylation sites is 1. The van der Waals surface area contributed by atoms with Crippen LogP contribution in [0.5, 0.6) is 11.5 Å². The van der Waals surface area contributed by atoms with Crippen LogP contribution in [0, 0.1) is 11.7 Å². The first kappa shape index (κ1) is 22.3. The zero-order chi connectivity index (χ0) is 23.2. The van der Waals surface area contributed by atoms with Gasteiger partial charge in [0.25, 0.3) is 0 Å². The number of amides is 2. The maximum Gasteiger partial charge on any atom is 0.227 e. The Hall–Kier alpha value is -3.87. The van der Waals surface area contributed by atoms with Crippen LogP contribution < -0.4 is 19.7 Å². The fourth-order valence-corrected chi connectivity index (χ4v) is 3.80. The molecule has 1 saturated heterocycles. The van der Waals surface area contributed by atoms with Crippen molar-refractivity contribution in [2.45, 2.75) is 19.6 Å². The highest BCUT2D eigenvalue weighted by Gasteiger charge is 2.36. The standard InChI is InChI=1S/C26H25FN2O4/c1-32-24-13-19(11-12-23(24)33-17-18-7-3-2-4-8-18)15-28-26(31)20-14-25(30)29(16-20)22-10-6-5-9-21(22)27/h2-13,20H,14-17H2,1H3,(H,28,31). The molecule has 1 unspecified atom stereocenters. The molecule has 0 bridgehead atoms. The average molecular weight is 448 g/mol. The largest absolute Gasteiger partial charge is 0.493 e. The van der Waals surface area contributed by atoms with E-state index in [0.29, 0.717) is 18.1 Å². The molecule has 0 saturated carbocycles. The first-order chi connectivity index (χ1) is 16.0. The monoisotopic (exact) mass is 448 g/mol. The molecule has 1 heterocycles. The number of anilines is 1. The number of rotatable bonds is 8. The summed E-state index contributed by atoms with van der Waals surface area (Å²) in [6, 6.07) is 21.4. The maximum atomic E-state index is 14.1. The van der Waals surface area contributed by atoms with Crippen LogP contribution in [0.15, 0.2) is 72.8 Å². The van der Waals surface area contributed by atoms with Crippen LogP contribution in [0.25, 0.3) is 0 Å². The highest BCUT2D eigenvalue weighted by Crippen LogP contribution is 2.30. The molecule has 0 spiro atoms. The Kier molecular flexibility index (Phi) is 6.88. The van der Waals surface area contributed by atoms with Crippen LogP contribution in [-0.4, -0.2) is 25.5 Å². The zero-order valence-electron chi connectivity index (χ0n) is 18.3. The molecule has 0 radical (unpaired) electrons. The lowest BCUT2D eigenvalue weighted by Gasteiger charge is -2.17. The van der Waals surface area contributed by atoms with Crippen molar-refractivity contribution in [1.82, 2.24) is 5.32 Å². The van der Waals surface area contributed by atoms with E-state index >= 15 is 0 Å². The van der Waals surface area contributed by atoms with Crippen molar-refractivity contribution in [1.29, 1.82) is 0 Å². The van der Waals surface area contributed by atoms with Gasteiger partial charge < -0.3 is 19.7 Å². The lowest BCUT2D eigenvalue weighted by molar-refractivity contribution is -0.126. The topological polar surface area (TPSA) is 67.9 Å². The molecule has 1 N–H and O–H groups in total. The molecular weight excluding hydrogens is 423 g/mol. The second-order valence-corrected chi connectivity index (χ2v) is 7.83. The molecule has 1 aliphatic rings. The van der Waals surface area contributed by atoms with Gasteiger partial charge in [0.15, 0.2) is 11.5 Å². The van der Waals surface area contributed by atoms with E-state index in [-0.39, 0.29) is 37.0 Å². The van der Waals surface area contributed by atoms with Gasteiger partial charge in [0.1, 0.15) is 12.4 Å². The van der Waals surface area contributed by atoms with Gasteiger partial charge in [-0.15, -0.1) is 0 Å². The summed E-state index contributed by atoms with van der Waals surface area (Å²) >= 11 is 0. The lowest BCUT2D eigenvalue weighted by Crippen LogP contribution is -2.32. The number of benzene rings is 3. The predicted octanol–water partition coefficient (Wildman–Crippen LogP) is 4.08. The summed E-state index contributed by atoms with van der Waals surface area (Å²) in [5.41, 5.74) is 2.09. The van der Waals surface area contributed by atoms with Gasteiger partial charge in [0.05, 0.1) is 18.7 Å². The number of halogens is 1. The molecule has 0 aliphatic carbocycles. The molecule has 1 atom stereocenters. The number of hydrogen-bond donors (Lipinski definition) is 1. The third kappa shape index (κ3) is 5.31. The van der Waals surface area contributed by atoms with E-state index in [1.807, 2.05) is 48.5 Å². The van der Waals surface area contributed by atoms with E-state index in [1.165, 1.54) is 11.0 Å². The molecule has 6 nitrogen and oxygen atoms in total. The molecule has 3 aromatic rings.